The number of carbonyl (C=O) groups is 2. The molecule has 1 heterocycles. The molecular formula is C22H21N3O2. The maximum atomic E-state index is 12.4. The summed E-state index contributed by atoms with van der Waals surface area (Å²) in [6, 6.07) is 17.3. The van der Waals surface area contributed by atoms with Gasteiger partial charge >= 0.3 is 0 Å². The molecule has 3 aromatic rings. The molecule has 0 saturated heterocycles. The zero-order valence-corrected chi connectivity index (χ0v) is 14.9. The molecule has 0 radical (unpaired) electrons. The van der Waals surface area contributed by atoms with Crippen molar-refractivity contribution >= 4 is 22.7 Å². The fourth-order valence-corrected chi connectivity index (χ4v) is 3.63. The van der Waals surface area contributed by atoms with Crippen molar-refractivity contribution in [3.05, 3.63) is 77.5 Å². The normalized spacial score (nSPS) is 15.8. The molecule has 1 aliphatic carbocycles. The molecule has 4 rings (SSSR count). The van der Waals surface area contributed by atoms with Gasteiger partial charge < -0.3 is 10.6 Å². The van der Waals surface area contributed by atoms with E-state index in [1.165, 1.54) is 11.1 Å². The molecule has 5 nitrogen and oxygen atoms in total. The molecule has 27 heavy (non-hydrogen) atoms. The summed E-state index contributed by atoms with van der Waals surface area (Å²) in [6.07, 6.45) is 4.75. The van der Waals surface area contributed by atoms with E-state index in [1.54, 1.807) is 18.3 Å². The van der Waals surface area contributed by atoms with Crippen LogP contribution in [0.3, 0.4) is 0 Å². The van der Waals surface area contributed by atoms with Gasteiger partial charge in [0.2, 0.25) is 5.91 Å². The first-order valence-electron chi connectivity index (χ1n) is 9.21. The Kier molecular flexibility index (Phi) is 4.83. The molecule has 1 aliphatic rings. The van der Waals surface area contributed by atoms with Crippen molar-refractivity contribution in [2.45, 2.75) is 25.3 Å². The molecule has 2 aromatic carbocycles. The van der Waals surface area contributed by atoms with Gasteiger partial charge in [-0.25, -0.2) is 0 Å². The van der Waals surface area contributed by atoms with E-state index in [0.29, 0.717) is 5.56 Å². The maximum Gasteiger partial charge on any atom is 0.251 e. The second-order valence-electron chi connectivity index (χ2n) is 6.80. The largest absolute Gasteiger partial charge is 0.348 e. The van der Waals surface area contributed by atoms with Crippen LogP contribution in [0.2, 0.25) is 0 Å². The van der Waals surface area contributed by atoms with Crippen LogP contribution in [0.25, 0.3) is 10.9 Å². The molecule has 0 spiro atoms. The van der Waals surface area contributed by atoms with Gasteiger partial charge in [-0.1, -0.05) is 30.3 Å². The minimum atomic E-state index is -0.264. The molecule has 2 N–H and O–H groups in total. The number of nitrogens with zero attached hydrogens (tertiary/aromatic N) is 1. The third-order valence-electron chi connectivity index (χ3n) is 4.98. The topological polar surface area (TPSA) is 71.1 Å². The second-order valence-corrected chi connectivity index (χ2v) is 6.80. The van der Waals surface area contributed by atoms with Gasteiger partial charge in [-0.15, -0.1) is 0 Å². The summed E-state index contributed by atoms with van der Waals surface area (Å²) in [5.74, 6) is -0.438. The monoisotopic (exact) mass is 359 g/mol. The molecule has 1 atom stereocenters. The van der Waals surface area contributed by atoms with E-state index in [0.717, 1.165) is 30.2 Å². The first kappa shape index (κ1) is 17.2. The van der Waals surface area contributed by atoms with Gasteiger partial charge in [0.1, 0.15) is 0 Å². The van der Waals surface area contributed by atoms with Gasteiger partial charge in [0.05, 0.1) is 18.1 Å². The second kappa shape index (κ2) is 7.58. The number of hydrogen-bond donors (Lipinski definition) is 2. The smallest absolute Gasteiger partial charge is 0.251 e. The Bertz CT molecular complexity index is 1000. The van der Waals surface area contributed by atoms with Crippen molar-refractivity contribution in [1.82, 2.24) is 15.6 Å². The summed E-state index contributed by atoms with van der Waals surface area (Å²) in [4.78, 5) is 28.9. The quantitative estimate of drug-likeness (QED) is 0.752. The van der Waals surface area contributed by atoms with E-state index in [1.807, 2.05) is 30.3 Å². The van der Waals surface area contributed by atoms with Crippen LogP contribution in [-0.4, -0.2) is 23.3 Å². The number of pyridine rings is 1. The lowest BCUT2D eigenvalue weighted by atomic mass is 9.88. The van der Waals surface area contributed by atoms with Crippen LogP contribution < -0.4 is 10.6 Å². The van der Waals surface area contributed by atoms with Crippen LogP contribution in [0.1, 0.15) is 40.4 Å². The highest BCUT2D eigenvalue weighted by Crippen LogP contribution is 2.29. The van der Waals surface area contributed by atoms with E-state index in [-0.39, 0.29) is 24.4 Å². The number of rotatable bonds is 4. The lowest BCUT2D eigenvalue weighted by Crippen LogP contribution is -2.39. The van der Waals surface area contributed by atoms with Crippen LogP contribution in [0, 0.1) is 0 Å². The SMILES string of the molecule is O=C(CNC(=O)c1ccc2ncccc2c1)NC1CCCc2ccccc21. The number of carbonyl (C=O) groups excluding carboxylic acids is 2. The van der Waals surface area contributed by atoms with Gasteiger partial charge in [0, 0.05) is 17.1 Å². The average Bonchev–Trinajstić information content (AvgIpc) is 2.72. The third kappa shape index (κ3) is 3.82. The van der Waals surface area contributed by atoms with Crippen LogP contribution in [0.15, 0.2) is 60.8 Å². The highest BCUT2D eigenvalue weighted by Gasteiger charge is 2.21. The molecule has 136 valence electrons. The van der Waals surface area contributed by atoms with E-state index < -0.39 is 0 Å². The zero-order valence-electron chi connectivity index (χ0n) is 14.9. The number of benzene rings is 2. The standard InChI is InChI=1S/C22H21N3O2/c26-21(25-20-9-3-6-15-5-1-2-8-18(15)20)14-24-22(27)17-10-11-19-16(13-17)7-4-12-23-19/h1-2,4-5,7-8,10-13,20H,3,6,9,14H2,(H,24,27)(H,25,26). The van der Waals surface area contributed by atoms with Crippen molar-refractivity contribution in [1.29, 1.82) is 0 Å². The predicted octanol–water partition coefficient (Wildman–Crippen LogP) is 3.16. The number of amides is 2. The lowest BCUT2D eigenvalue weighted by molar-refractivity contribution is -0.121. The van der Waals surface area contributed by atoms with Gasteiger partial charge in [-0.05, 0) is 54.7 Å². The number of nitrogens with one attached hydrogen (secondary N) is 2. The molecule has 1 aromatic heterocycles. The Labute approximate surface area is 157 Å². The Balaban J connectivity index is 1.37. The first-order chi connectivity index (χ1) is 13.2. The van der Waals surface area contributed by atoms with E-state index in [2.05, 4.69) is 27.8 Å². The number of hydrogen-bond acceptors (Lipinski definition) is 3. The van der Waals surface area contributed by atoms with Crippen LogP contribution >= 0.6 is 0 Å². The third-order valence-corrected chi connectivity index (χ3v) is 4.98. The Morgan fingerprint density at radius 1 is 1.07 bits per heavy atom. The van der Waals surface area contributed by atoms with Gasteiger partial charge in [0.25, 0.3) is 5.91 Å². The summed E-state index contributed by atoms with van der Waals surface area (Å²) in [7, 11) is 0. The Morgan fingerprint density at radius 3 is 2.89 bits per heavy atom. The summed E-state index contributed by atoms with van der Waals surface area (Å²) in [6.45, 7) is -0.0391. The van der Waals surface area contributed by atoms with Crippen molar-refractivity contribution in [3.63, 3.8) is 0 Å². The average molecular weight is 359 g/mol. The highest BCUT2D eigenvalue weighted by atomic mass is 16.2. The minimum Gasteiger partial charge on any atom is -0.348 e. The van der Waals surface area contributed by atoms with Crippen molar-refractivity contribution in [2.75, 3.05) is 6.54 Å². The minimum absolute atomic E-state index is 0.0195. The zero-order chi connectivity index (χ0) is 18.6. The predicted molar refractivity (Wildman–Crippen MR) is 104 cm³/mol. The Hall–Kier alpha value is -3.21. The molecule has 5 heteroatoms. The number of fused-ring (bicyclic) bond motifs is 2. The van der Waals surface area contributed by atoms with Crippen LogP contribution in [0.5, 0.6) is 0 Å². The molecule has 0 saturated carbocycles. The molecule has 0 fully saturated rings. The summed E-state index contributed by atoms with van der Waals surface area (Å²) in [5, 5.41) is 6.65. The summed E-state index contributed by atoms with van der Waals surface area (Å²) in [5.41, 5.74) is 3.84. The molecule has 2 amide bonds. The fraction of sp³-hybridized carbons (Fsp3) is 0.227. The molecular weight excluding hydrogens is 338 g/mol. The van der Waals surface area contributed by atoms with Gasteiger partial charge in [-0.3, -0.25) is 14.6 Å². The molecule has 0 bridgehead atoms. The van der Waals surface area contributed by atoms with Crippen molar-refractivity contribution in [2.24, 2.45) is 0 Å². The number of aromatic nitrogens is 1. The summed E-state index contributed by atoms with van der Waals surface area (Å²) >= 11 is 0. The summed E-state index contributed by atoms with van der Waals surface area (Å²) < 4.78 is 0. The van der Waals surface area contributed by atoms with Gasteiger partial charge in [-0.2, -0.15) is 0 Å². The molecule has 1 unspecified atom stereocenters. The van der Waals surface area contributed by atoms with Crippen LogP contribution in [-0.2, 0) is 11.2 Å². The maximum absolute atomic E-state index is 12.4. The number of aryl methyl sites for hydroxylation is 1. The first-order valence-corrected chi connectivity index (χ1v) is 9.21. The Morgan fingerprint density at radius 2 is 1.96 bits per heavy atom. The lowest BCUT2D eigenvalue weighted by Gasteiger charge is -2.26. The van der Waals surface area contributed by atoms with Crippen molar-refractivity contribution < 1.29 is 9.59 Å². The molecule has 0 aliphatic heterocycles. The van der Waals surface area contributed by atoms with E-state index in [9.17, 15) is 9.59 Å². The van der Waals surface area contributed by atoms with Crippen LogP contribution in [0.4, 0.5) is 0 Å². The highest BCUT2D eigenvalue weighted by molar-refractivity contribution is 5.99. The van der Waals surface area contributed by atoms with Crippen molar-refractivity contribution in [3.8, 4) is 0 Å². The van der Waals surface area contributed by atoms with E-state index >= 15 is 0 Å². The van der Waals surface area contributed by atoms with Gasteiger partial charge in [0.15, 0.2) is 0 Å². The fourth-order valence-electron chi connectivity index (χ4n) is 3.63. The van der Waals surface area contributed by atoms with E-state index in [4.69, 9.17) is 0 Å².